The van der Waals surface area contributed by atoms with E-state index in [-0.39, 0.29) is 17.1 Å². The monoisotopic (exact) mass is 285 g/mol. The fourth-order valence-electron chi connectivity index (χ4n) is 2.23. The summed E-state index contributed by atoms with van der Waals surface area (Å²) in [5, 5.41) is 5.07. The number of primary sulfonamides is 1. The van der Waals surface area contributed by atoms with Crippen LogP contribution in [0.3, 0.4) is 0 Å². The normalized spacial score (nSPS) is 24.5. The zero-order valence-corrected chi connectivity index (χ0v) is 11.6. The van der Waals surface area contributed by atoms with E-state index >= 15 is 0 Å². The second kappa shape index (κ2) is 5.46. The molecule has 0 saturated carbocycles. The second-order valence-electron chi connectivity index (χ2n) is 4.75. The Morgan fingerprint density at radius 3 is 2.47 bits per heavy atom. The molecule has 0 bridgehead atoms. The van der Waals surface area contributed by atoms with Crippen molar-refractivity contribution >= 4 is 15.7 Å². The fourth-order valence-corrected chi connectivity index (χ4v) is 2.75. The molecule has 7 heteroatoms. The third-order valence-corrected chi connectivity index (χ3v) is 4.05. The van der Waals surface area contributed by atoms with Gasteiger partial charge in [-0.2, -0.15) is 0 Å². The van der Waals surface area contributed by atoms with Gasteiger partial charge in [-0.3, -0.25) is 0 Å². The summed E-state index contributed by atoms with van der Waals surface area (Å²) in [6, 6.07) is 6.54. The van der Waals surface area contributed by atoms with Crippen LogP contribution in [0, 0.1) is 0 Å². The predicted octanol–water partition coefficient (Wildman–Crippen LogP) is -0.114. The molecule has 0 radical (unpaired) electrons. The Balaban J connectivity index is 2.18. The minimum Gasteiger partial charge on any atom is -0.370 e. The Hall–Kier alpha value is -1.15. The van der Waals surface area contributed by atoms with Gasteiger partial charge in [-0.1, -0.05) is 0 Å². The molecule has 106 valence electrons. The molecule has 0 amide bonds. The number of sulfonamides is 1. The van der Waals surface area contributed by atoms with Gasteiger partial charge in [0.05, 0.1) is 17.1 Å². The molecule has 19 heavy (non-hydrogen) atoms. The molecule has 0 spiro atoms. The highest BCUT2D eigenvalue weighted by Crippen LogP contribution is 2.21. The van der Waals surface area contributed by atoms with Crippen LogP contribution in [0.2, 0.25) is 0 Å². The standard InChI is InChI=1S/C12H19N3O3S/c1-9-7-15(8-11(6-13)18-9)10-2-4-12(5-3-10)19(14,16)17/h2-5,9,11H,6-8,13H2,1H3,(H2,14,16,17). The molecule has 0 aliphatic carbocycles. The van der Waals surface area contributed by atoms with Crippen LogP contribution < -0.4 is 15.8 Å². The van der Waals surface area contributed by atoms with E-state index in [4.69, 9.17) is 15.6 Å². The number of ether oxygens (including phenoxy) is 1. The number of anilines is 1. The Morgan fingerprint density at radius 2 is 1.95 bits per heavy atom. The number of nitrogens with zero attached hydrogens (tertiary/aromatic N) is 1. The van der Waals surface area contributed by atoms with Crippen molar-refractivity contribution in [3.63, 3.8) is 0 Å². The molecule has 1 fully saturated rings. The van der Waals surface area contributed by atoms with E-state index in [0.717, 1.165) is 12.2 Å². The molecule has 6 nitrogen and oxygen atoms in total. The maximum atomic E-state index is 11.2. The zero-order valence-electron chi connectivity index (χ0n) is 10.8. The Labute approximate surface area is 113 Å². The highest BCUT2D eigenvalue weighted by Gasteiger charge is 2.24. The van der Waals surface area contributed by atoms with Crippen molar-refractivity contribution in [3.05, 3.63) is 24.3 Å². The second-order valence-corrected chi connectivity index (χ2v) is 6.31. The van der Waals surface area contributed by atoms with Crippen LogP contribution in [0.5, 0.6) is 0 Å². The average molecular weight is 285 g/mol. The van der Waals surface area contributed by atoms with Crippen LogP contribution in [-0.2, 0) is 14.8 Å². The largest absolute Gasteiger partial charge is 0.370 e. The van der Waals surface area contributed by atoms with Gasteiger partial charge in [-0.05, 0) is 31.2 Å². The summed E-state index contributed by atoms with van der Waals surface area (Å²) in [7, 11) is -3.64. The number of morpholine rings is 1. The number of hydrogen-bond acceptors (Lipinski definition) is 5. The van der Waals surface area contributed by atoms with Crippen LogP contribution >= 0.6 is 0 Å². The van der Waals surface area contributed by atoms with Gasteiger partial charge < -0.3 is 15.4 Å². The van der Waals surface area contributed by atoms with E-state index in [1.54, 1.807) is 12.1 Å². The maximum absolute atomic E-state index is 11.2. The minimum atomic E-state index is -3.64. The number of rotatable bonds is 3. The van der Waals surface area contributed by atoms with E-state index in [0.29, 0.717) is 13.1 Å². The van der Waals surface area contributed by atoms with Gasteiger partial charge in [0.25, 0.3) is 0 Å². The molecule has 1 aliphatic rings. The summed E-state index contributed by atoms with van der Waals surface area (Å²) >= 11 is 0. The summed E-state index contributed by atoms with van der Waals surface area (Å²) in [6.45, 7) is 3.92. The molecule has 2 atom stereocenters. The van der Waals surface area contributed by atoms with Crippen LogP contribution in [0.25, 0.3) is 0 Å². The summed E-state index contributed by atoms with van der Waals surface area (Å²) in [5.74, 6) is 0. The van der Waals surface area contributed by atoms with Crippen LogP contribution in [0.4, 0.5) is 5.69 Å². The summed E-state index contributed by atoms with van der Waals surface area (Å²) in [6.07, 6.45) is 0.0990. The molecule has 1 aromatic rings. The molecule has 1 heterocycles. The summed E-state index contributed by atoms with van der Waals surface area (Å²) < 4.78 is 28.1. The Morgan fingerprint density at radius 1 is 1.32 bits per heavy atom. The van der Waals surface area contributed by atoms with E-state index in [2.05, 4.69) is 4.90 Å². The van der Waals surface area contributed by atoms with Gasteiger partial charge in [0, 0.05) is 25.3 Å². The quantitative estimate of drug-likeness (QED) is 0.807. The lowest BCUT2D eigenvalue weighted by Gasteiger charge is -2.37. The van der Waals surface area contributed by atoms with Crippen LogP contribution in [0.1, 0.15) is 6.92 Å². The van der Waals surface area contributed by atoms with Crippen LogP contribution in [0.15, 0.2) is 29.2 Å². The average Bonchev–Trinajstić information content (AvgIpc) is 2.37. The van der Waals surface area contributed by atoms with Crippen molar-refractivity contribution in [1.82, 2.24) is 0 Å². The first-order chi connectivity index (χ1) is 8.90. The van der Waals surface area contributed by atoms with Gasteiger partial charge >= 0.3 is 0 Å². The van der Waals surface area contributed by atoms with Crippen LogP contribution in [-0.4, -0.2) is 40.3 Å². The lowest BCUT2D eigenvalue weighted by Crippen LogP contribution is -2.49. The summed E-state index contributed by atoms with van der Waals surface area (Å²) in [4.78, 5) is 2.26. The Bertz CT molecular complexity index is 530. The number of hydrogen-bond donors (Lipinski definition) is 2. The zero-order chi connectivity index (χ0) is 14.0. The van der Waals surface area contributed by atoms with E-state index in [1.165, 1.54) is 12.1 Å². The fraction of sp³-hybridized carbons (Fsp3) is 0.500. The lowest BCUT2D eigenvalue weighted by atomic mass is 10.2. The first-order valence-electron chi connectivity index (χ1n) is 6.13. The van der Waals surface area contributed by atoms with Crippen molar-refractivity contribution in [1.29, 1.82) is 0 Å². The van der Waals surface area contributed by atoms with Crippen molar-refractivity contribution in [2.24, 2.45) is 10.9 Å². The molecule has 2 rings (SSSR count). The molecule has 2 unspecified atom stereocenters. The van der Waals surface area contributed by atoms with Gasteiger partial charge in [-0.25, -0.2) is 13.6 Å². The van der Waals surface area contributed by atoms with Crippen molar-refractivity contribution in [2.45, 2.75) is 24.0 Å². The number of benzene rings is 1. The highest BCUT2D eigenvalue weighted by molar-refractivity contribution is 7.89. The van der Waals surface area contributed by atoms with E-state index in [1.807, 2.05) is 6.92 Å². The predicted molar refractivity (Wildman–Crippen MR) is 73.4 cm³/mol. The smallest absolute Gasteiger partial charge is 0.238 e. The van der Waals surface area contributed by atoms with Gasteiger partial charge in [-0.15, -0.1) is 0 Å². The Kier molecular flexibility index (Phi) is 4.10. The van der Waals surface area contributed by atoms with Crippen molar-refractivity contribution < 1.29 is 13.2 Å². The van der Waals surface area contributed by atoms with Gasteiger partial charge in [0.1, 0.15) is 0 Å². The maximum Gasteiger partial charge on any atom is 0.238 e. The van der Waals surface area contributed by atoms with E-state index in [9.17, 15) is 8.42 Å². The molecule has 1 aromatic carbocycles. The van der Waals surface area contributed by atoms with Gasteiger partial charge in [0.2, 0.25) is 10.0 Å². The summed E-state index contributed by atoms with van der Waals surface area (Å²) in [5.41, 5.74) is 6.58. The topological polar surface area (TPSA) is 98.7 Å². The van der Waals surface area contributed by atoms with Crippen molar-refractivity contribution in [2.75, 3.05) is 24.5 Å². The SMILES string of the molecule is CC1CN(c2ccc(S(N)(=O)=O)cc2)CC(CN)O1. The molecule has 1 saturated heterocycles. The minimum absolute atomic E-state index is 0.00154. The van der Waals surface area contributed by atoms with Crippen molar-refractivity contribution in [3.8, 4) is 0 Å². The first kappa shape index (κ1) is 14.3. The highest BCUT2D eigenvalue weighted by atomic mass is 32.2. The van der Waals surface area contributed by atoms with E-state index < -0.39 is 10.0 Å². The third-order valence-electron chi connectivity index (χ3n) is 3.12. The molecular weight excluding hydrogens is 266 g/mol. The number of nitrogens with two attached hydrogens (primary N) is 2. The first-order valence-corrected chi connectivity index (χ1v) is 7.68. The molecule has 1 aliphatic heterocycles. The third kappa shape index (κ3) is 3.44. The lowest BCUT2D eigenvalue weighted by molar-refractivity contribution is -0.0104. The van der Waals surface area contributed by atoms with Gasteiger partial charge in [0.15, 0.2) is 0 Å². The molecule has 0 aromatic heterocycles. The molecule has 4 N–H and O–H groups in total. The molecular formula is C12H19N3O3S.